The van der Waals surface area contributed by atoms with E-state index in [2.05, 4.69) is 17.2 Å². The first-order valence-corrected chi connectivity index (χ1v) is 6.96. The molecule has 0 aliphatic heterocycles. The molecule has 0 amide bonds. The third-order valence-electron chi connectivity index (χ3n) is 3.95. The van der Waals surface area contributed by atoms with Crippen LogP contribution in [0.4, 0.5) is 0 Å². The van der Waals surface area contributed by atoms with E-state index in [9.17, 15) is 0 Å². The first-order valence-electron chi connectivity index (χ1n) is 6.96. The van der Waals surface area contributed by atoms with Crippen molar-refractivity contribution in [2.75, 3.05) is 0 Å². The van der Waals surface area contributed by atoms with Crippen LogP contribution in [0.25, 0.3) is 11.4 Å². The Hall–Kier alpha value is -1.68. The summed E-state index contributed by atoms with van der Waals surface area (Å²) < 4.78 is 1.89. The summed E-state index contributed by atoms with van der Waals surface area (Å²) >= 11 is 0. The van der Waals surface area contributed by atoms with Gasteiger partial charge in [0.1, 0.15) is 0 Å². The highest BCUT2D eigenvalue weighted by molar-refractivity contribution is 5.54. The van der Waals surface area contributed by atoms with Crippen molar-refractivity contribution in [1.82, 2.24) is 14.8 Å². The molecule has 4 heteroatoms. The van der Waals surface area contributed by atoms with E-state index >= 15 is 0 Å². The van der Waals surface area contributed by atoms with Gasteiger partial charge in [0.2, 0.25) is 0 Å². The molecule has 0 spiro atoms. The lowest BCUT2D eigenvalue weighted by Gasteiger charge is -2.23. The number of aryl methyl sites for hydroxylation is 1. The maximum Gasteiger partial charge on any atom is 0.158 e. The topological polar surface area (TPSA) is 56.7 Å². The fraction of sp³-hybridized carbons (Fsp3) is 0.467. The highest BCUT2D eigenvalue weighted by Crippen LogP contribution is 2.31. The van der Waals surface area contributed by atoms with Gasteiger partial charge in [0.15, 0.2) is 11.6 Å². The highest BCUT2D eigenvalue weighted by atomic mass is 15.3. The molecule has 1 aliphatic rings. The van der Waals surface area contributed by atoms with Crippen LogP contribution in [-0.2, 0) is 7.05 Å². The van der Waals surface area contributed by atoms with E-state index < -0.39 is 0 Å². The van der Waals surface area contributed by atoms with Gasteiger partial charge in [-0.2, -0.15) is 5.10 Å². The Morgan fingerprint density at radius 1 is 1.11 bits per heavy atom. The summed E-state index contributed by atoms with van der Waals surface area (Å²) in [6.07, 6.45) is 4.39. The van der Waals surface area contributed by atoms with Gasteiger partial charge in [-0.3, -0.25) is 0 Å². The van der Waals surface area contributed by atoms with E-state index in [0.29, 0.717) is 12.0 Å². The minimum Gasteiger partial charge on any atom is -0.328 e. The molecular formula is C15H20N4. The second kappa shape index (κ2) is 5.13. The Balaban J connectivity index is 1.85. The minimum atomic E-state index is 0.369. The van der Waals surface area contributed by atoms with Gasteiger partial charge in [0.05, 0.1) is 0 Å². The molecule has 1 fully saturated rings. The molecule has 1 heterocycles. The lowest BCUT2D eigenvalue weighted by Crippen LogP contribution is -2.26. The molecule has 4 nitrogen and oxygen atoms in total. The molecule has 2 N–H and O–H groups in total. The van der Waals surface area contributed by atoms with Gasteiger partial charge in [-0.25, -0.2) is 9.67 Å². The molecule has 1 aliphatic carbocycles. The zero-order valence-electron chi connectivity index (χ0n) is 11.3. The Morgan fingerprint density at radius 2 is 1.79 bits per heavy atom. The van der Waals surface area contributed by atoms with Gasteiger partial charge >= 0.3 is 0 Å². The molecule has 100 valence electrons. The highest BCUT2D eigenvalue weighted by Gasteiger charge is 2.24. The van der Waals surface area contributed by atoms with Crippen LogP contribution in [-0.4, -0.2) is 20.8 Å². The first kappa shape index (κ1) is 12.4. The quantitative estimate of drug-likeness (QED) is 0.898. The third kappa shape index (κ3) is 2.54. The average molecular weight is 256 g/mol. The van der Waals surface area contributed by atoms with E-state index in [1.165, 1.54) is 0 Å². The average Bonchev–Trinajstić information content (AvgIpc) is 2.83. The van der Waals surface area contributed by atoms with E-state index in [-0.39, 0.29) is 0 Å². The fourth-order valence-electron chi connectivity index (χ4n) is 2.79. The molecule has 1 saturated carbocycles. The zero-order valence-corrected chi connectivity index (χ0v) is 11.3. The van der Waals surface area contributed by atoms with Crippen molar-refractivity contribution in [2.45, 2.75) is 37.6 Å². The van der Waals surface area contributed by atoms with Gasteiger partial charge < -0.3 is 5.73 Å². The van der Waals surface area contributed by atoms with Crippen molar-refractivity contribution >= 4 is 0 Å². The van der Waals surface area contributed by atoms with E-state index in [1.807, 2.05) is 29.9 Å². The second-order valence-corrected chi connectivity index (χ2v) is 5.39. The number of nitrogens with zero attached hydrogens (tertiary/aromatic N) is 3. The van der Waals surface area contributed by atoms with Crippen LogP contribution in [0.5, 0.6) is 0 Å². The summed E-state index contributed by atoms with van der Waals surface area (Å²) in [5.74, 6) is 2.40. The number of hydrogen-bond donors (Lipinski definition) is 1. The van der Waals surface area contributed by atoms with Crippen LogP contribution >= 0.6 is 0 Å². The second-order valence-electron chi connectivity index (χ2n) is 5.39. The lowest BCUT2D eigenvalue weighted by molar-refractivity contribution is 0.384. The van der Waals surface area contributed by atoms with Crippen molar-refractivity contribution in [2.24, 2.45) is 12.8 Å². The Kier molecular flexibility index (Phi) is 3.34. The van der Waals surface area contributed by atoms with Crippen molar-refractivity contribution < 1.29 is 0 Å². The predicted molar refractivity (Wildman–Crippen MR) is 75.6 cm³/mol. The standard InChI is InChI=1S/C15H20N4/c1-19-15(12-5-3-2-4-6-12)17-14(18-19)11-7-9-13(16)10-8-11/h2-6,11,13H,7-10,16H2,1H3. The van der Waals surface area contributed by atoms with Gasteiger partial charge in [0, 0.05) is 24.6 Å². The molecule has 0 saturated heterocycles. The lowest BCUT2D eigenvalue weighted by atomic mass is 9.86. The van der Waals surface area contributed by atoms with Crippen LogP contribution in [0.3, 0.4) is 0 Å². The molecule has 2 aromatic rings. The molecular weight excluding hydrogens is 236 g/mol. The molecule has 0 unspecified atom stereocenters. The number of rotatable bonds is 2. The molecule has 1 aromatic heterocycles. The fourth-order valence-corrected chi connectivity index (χ4v) is 2.79. The van der Waals surface area contributed by atoms with Gasteiger partial charge in [-0.15, -0.1) is 0 Å². The summed E-state index contributed by atoms with van der Waals surface area (Å²) in [5, 5.41) is 4.60. The summed E-state index contributed by atoms with van der Waals surface area (Å²) in [4.78, 5) is 4.74. The summed E-state index contributed by atoms with van der Waals surface area (Å²) in [6.45, 7) is 0. The van der Waals surface area contributed by atoms with E-state index in [4.69, 9.17) is 10.7 Å². The SMILES string of the molecule is Cn1nc(C2CCC(N)CC2)nc1-c1ccccc1. The van der Waals surface area contributed by atoms with Crippen molar-refractivity contribution in [3.8, 4) is 11.4 Å². The molecule has 0 bridgehead atoms. The normalized spacial score (nSPS) is 23.5. The number of nitrogens with two attached hydrogens (primary N) is 1. The predicted octanol–water partition coefficient (Wildman–Crippen LogP) is 2.47. The van der Waals surface area contributed by atoms with Crippen molar-refractivity contribution in [3.05, 3.63) is 36.2 Å². The van der Waals surface area contributed by atoms with E-state index in [1.54, 1.807) is 0 Å². The Bertz CT molecular complexity index is 539. The monoisotopic (exact) mass is 256 g/mol. The van der Waals surface area contributed by atoms with Crippen molar-refractivity contribution in [1.29, 1.82) is 0 Å². The maximum atomic E-state index is 5.96. The maximum absolute atomic E-state index is 5.96. The number of aromatic nitrogens is 3. The van der Waals surface area contributed by atoms with Gasteiger partial charge in [-0.1, -0.05) is 30.3 Å². The zero-order chi connectivity index (χ0) is 13.2. The summed E-state index contributed by atoms with van der Waals surface area (Å²) in [7, 11) is 1.97. The first-order chi connectivity index (χ1) is 9.24. The number of hydrogen-bond acceptors (Lipinski definition) is 3. The largest absolute Gasteiger partial charge is 0.328 e. The van der Waals surface area contributed by atoms with Gasteiger partial charge in [0.25, 0.3) is 0 Å². The molecule has 1 aromatic carbocycles. The Labute approximate surface area is 113 Å². The Morgan fingerprint density at radius 3 is 2.47 bits per heavy atom. The molecule has 19 heavy (non-hydrogen) atoms. The van der Waals surface area contributed by atoms with Crippen LogP contribution in [0.15, 0.2) is 30.3 Å². The third-order valence-corrected chi connectivity index (χ3v) is 3.95. The van der Waals surface area contributed by atoms with E-state index in [0.717, 1.165) is 42.9 Å². The van der Waals surface area contributed by atoms with Crippen LogP contribution < -0.4 is 5.73 Å². The molecule has 0 radical (unpaired) electrons. The minimum absolute atomic E-state index is 0.369. The van der Waals surface area contributed by atoms with Gasteiger partial charge in [-0.05, 0) is 25.7 Å². The smallest absolute Gasteiger partial charge is 0.158 e. The van der Waals surface area contributed by atoms with Crippen LogP contribution in [0.1, 0.15) is 37.4 Å². The van der Waals surface area contributed by atoms with Crippen LogP contribution in [0.2, 0.25) is 0 Å². The van der Waals surface area contributed by atoms with Crippen LogP contribution in [0, 0.1) is 0 Å². The number of benzene rings is 1. The summed E-state index contributed by atoms with van der Waals surface area (Å²) in [5.41, 5.74) is 7.08. The molecule has 0 atom stereocenters. The van der Waals surface area contributed by atoms with Crippen molar-refractivity contribution in [3.63, 3.8) is 0 Å². The summed E-state index contributed by atoms with van der Waals surface area (Å²) in [6, 6.07) is 10.6. The molecule has 3 rings (SSSR count).